The van der Waals surface area contributed by atoms with Crippen LogP contribution in [0.15, 0.2) is 0 Å². The minimum atomic E-state index is -3.08. The second kappa shape index (κ2) is 5.39. The predicted molar refractivity (Wildman–Crippen MR) is 48.4 cm³/mol. The van der Waals surface area contributed by atoms with Gasteiger partial charge in [0, 0.05) is 12.4 Å². The number of nitrogens with zero attached hydrogens (tertiary/aromatic N) is 1. The highest BCUT2D eigenvalue weighted by molar-refractivity contribution is 7.83. The third kappa shape index (κ3) is 4.34. The standard InChI is InChI=1S/C5H12Cl2NO2P/c1-3-10-11(7,9)8(2)5-4-6/h3-5H2,1-2H3. The molecule has 0 fully saturated rings. The fraction of sp³-hybridized carbons (Fsp3) is 1.00. The van der Waals surface area contributed by atoms with Crippen LogP contribution in [0.25, 0.3) is 0 Å². The Morgan fingerprint density at radius 1 is 1.64 bits per heavy atom. The van der Waals surface area contributed by atoms with E-state index in [2.05, 4.69) is 0 Å². The largest absolute Gasteiger partial charge is 0.362 e. The van der Waals surface area contributed by atoms with E-state index in [1.165, 1.54) is 4.67 Å². The molecule has 0 spiro atoms. The number of hydrogen-bond donors (Lipinski definition) is 0. The first-order chi connectivity index (χ1) is 5.04. The van der Waals surface area contributed by atoms with E-state index in [1.54, 1.807) is 14.0 Å². The second-order valence-corrected chi connectivity index (χ2v) is 5.44. The van der Waals surface area contributed by atoms with Crippen molar-refractivity contribution in [2.75, 3.05) is 26.1 Å². The zero-order chi connectivity index (χ0) is 8.91. The normalized spacial score (nSPS) is 16.8. The van der Waals surface area contributed by atoms with Gasteiger partial charge in [0.1, 0.15) is 0 Å². The highest BCUT2D eigenvalue weighted by Crippen LogP contribution is 2.54. The molecule has 0 saturated carbocycles. The Labute approximate surface area is 76.9 Å². The van der Waals surface area contributed by atoms with E-state index < -0.39 is 6.87 Å². The molecular formula is C5H12Cl2NO2P. The third-order valence-electron chi connectivity index (χ3n) is 1.10. The molecule has 0 aliphatic rings. The number of hydrogen-bond acceptors (Lipinski definition) is 2. The lowest BCUT2D eigenvalue weighted by Gasteiger charge is -2.20. The van der Waals surface area contributed by atoms with E-state index in [4.69, 9.17) is 27.4 Å². The van der Waals surface area contributed by atoms with Crippen LogP contribution in [-0.2, 0) is 9.09 Å². The maximum Gasteiger partial charge on any atom is 0.362 e. The molecule has 0 amide bonds. The van der Waals surface area contributed by atoms with E-state index in [0.717, 1.165) is 0 Å². The topological polar surface area (TPSA) is 29.5 Å². The van der Waals surface area contributed by atoms with Gasteiger partial charge in [0.15, 0.2) is 0 Å². The highest BCUT2D eigenvalue weighted by Gasteiger charge is 2.24. The average Bonchev–Trinajstić information content (AvgIpc) is 1.88. The van der Waals surface area contributed by atoms with E-state index in [-0.39, 0.29) is 0 Å². The second-order valence-electron chi connectivity index (χ2n) is 1.94. The van der Waals surface area contributed by atoms with Crippen LogP contribution >= 0.6 is 29.7 Å². The molecule has 0 aromatic heterocycles. The Hall–Kier alpha value is 0.730. The summed E-state index contributed by atoms with van der Waals surface area (Å²) in [5.41, 5.74) is 0. The molecule has 0 N–H and O–H groups in total. The summed E-state index contributed by atoms with van der Waals surface area (Å²) in [4.78, 5) is 0. The minimum Gasteiger partial charge on any atom is -0.306 e. The van der Waals surface area contributed by atoms with Crippen LogP contribution in [0.5, 0.6) is 0 Å². The number of alkyl halides is 1. The van der Waals surface area contributed by atoms with Gasteiger partial charge >= 0.3 is 6.87 Å². The number of halogens is 2. The van der Waals surface area contributed by atoms with Crippen LogP contribution in [0.4, 0.5) is 0 Å². The van der Waals surface area contributed by atoms with Gasteiger partial charge < -0.3 is 4.52 Å². The Bertz CT molecular complexity index is 155. The van der Waals surface area contributed by atoms with Gasteiger partial charge in [0.2, 0.25) is 0 Å². The maximum atomic E-state index is 11.3. The Morgan fingerprint density at radius 2 is 2.18 bits per heavy atom. The van der Waals surface area contributed by atoms with Crippen molar-refractivity contribution in [1.82, 2.24) is 4.67 Å². The van der Waals surface area contributed by atoms with Gasteiger partial charge in [-0.2, -0.15) is 0 Å². The summed E-state index contributed by atoms with van der Waals surface area (Å²) in [6.07, 6.45) is 0. The van der Waals surface area contributed by atoms with Crippen LogP contribution in [0.1, 0.15) is 6.92 Å². The average molecular weight is 220 g/mol. The quantitative estimate of drug-likeness (QED) is 0.526. The summed E-state index contributed by atoms with van der Waals surface area (Å²) in [6.45, 7) is -0.538. The molecule has 0 bridgehead atoms. The molecule has 0 aliphatic heterocycles. The van der Waals surface area contributed by atoms with Crippen molar-refractivity contribution in [1.29, 1.82) is 0 Å². The summed E-state index contributed by atoms with van der Waals surface area (Å²) in [5.74, 6) is 0.389. The molecular weight excluding hydrogens is 208 g/mol. The SMILES string of the molecule is CCOP(=O)(Cl)N(C)CCCl. The van der Waals surface area contributed by atoms with Crippen LogP contribution in [-0.4, -0.2) is 30.7 Å². The molecule has 11 heavy (non-hydrogen) atoms. The van der Waals surface area contributed by atoms with Crippen molar-refractivity contribution in [3.8, 4) is 0 Å². The lowest BCUT2D eigenvalue weighted by molar-refractivity contribution is 0.304. The van der Waals surface area contributed by atoms with Gasteiger partial charge in [-0.3, -0.25) is 4.57 Å². The summed E-state index contributed by atoms with van der Waals surface area (Å²) in [6, 6.07) is 0. The molecule has 0 rings (SSSR count). The van der Waals surface area contributed by atoms with E-state index in [9.17, 15) is 4.57 Å². The molecule has 0 heterocycles. The summed E-state index contributed by atoms with van der Waals surface area (Å²) in [7, 11) is 1.62. The monoisotopic (exact) mass is 219 g/mol. The van der Waals surface area contributed by atoms with Crippen molar-refractivity contribution in [2.45, 2.75) is 6.92 Å². The fourth-order valence-electron chi connectivity index (χ4n) is 0.500. The van der Waals surface area contributed by atoms with Crippen molar-refractivity contribution < 1.29 is 9.09 Å². The molecule has 1 unspecified atom stereocenters. The van der Waals surface area contributed by atoms with Gasteiger partial charge in [-0.05, 0) is 25.2 Å². The van der Waals surface area contributed by atoms with Crippen molar-refractivity contribution >= 4 is 29.7 Å². The van der Waals surface area contributed by atoms with Crippen LogP contribution in [0.3, 0.4) is 0 Å². The first kappa shape index (κ1) is 11.7. The molecule has 1 atom stereocenters. The summed E-state index contributed by atoms with van der Waals surface area (Å²) >= 11 is 11.0. The Morgan fingerprint density at radius 3 is 2.55 bits per heavy atom. The summed E-state index contributed by atoms with van der Waals surface area (Å²) in [5, 5.41) is 0. The fourth-order valence-corrected chi connectivity index (χ4v) is 2.24. The molecule has 68 valence electrons. The zero-order valence-corrected chi connectivity index (χ0v) is 8.99. The van der Waals surface area contributed by atoms with Crippen LogP contribution in [0, 0.1) is 0 Å². The maximum absolute atomic E-state index is 11.3. The van der Waals surface area contributed by atoms with Gasteiger partial charge in [-0.1, -0.05) is 0 Å². The third-order valence-corrected chi connectivity index (χ3v) is 3.93. The molecule has 0 aromatic rings. The van der Waals surface area contributed by atoms with E-state index >= 15 is 0 Å². The van der Waals surface area contributed by atoms with Gasteiger partial charge in [0.25, 0.3) is 0 Å². The van der Waals surface area contributed by atoms with Gasteiger partial charge in [-0.25, -0.2) is 4.67 Å². The van der Waals surface area contributed by atoms with Gasteiger partial charge in [-0.15, -0.1) is 11.6 Å². The zero-order valence-electron chi connectivity index (χ0n) is 6.59. The molecule has 0 radical (unpaired) electrons. The molecule has 3 nitrogen and oxygen atoms in total. The molecule has 0 saturated heterocycles. The Balaban J connectivity index is 3.95. The van der Waals surface area contributed by atoms with E-state index in [1.807, 2.05) is 0 Å². The van der Waals surface area contributed by atoms with Gasteiger partial charge in [0.05, 0.1) is 6.61 Å². The first-order valence-electron chi connectivity index (χ1n) is 3.26. The Kier molecular flexibility index (Phi) is 5.75. The molecule has 0 aromatic carbocycles. The van der Waals surface area contributed by atoms with Crippen LogP contribution < -0.4 is 0 Å². The first-order valence-corrected chi connectivity index (χ1v) is 6.28. The van der Waals surface area contributed by atoms with E-state index in [0.29, 0.717) is 19.0 Å². The van der Waals surface area contributed by atoms with Crippen molar-refractivity contribution in [3.63, 3.8) is 0 Å². The minimum absolute atomic E-state index is 0.341. The smallest absolute Gasteiger partial charge is 0.306 e. The van der Waals surface area contributed by atoms with Crippen molar-refractivity contribution in [3.05, 3.63) is 0 Å². The lowest BCUT2D eigenvalue weighted by Crippen LogP contribution is -2.16. The molecule has 0 aliphatic carbocycles. The predicted octanol–water partition coefficient (Wildman–Crippen LogP) is 2.54. The molecule has 6 heteroatoms. The van der Waals surface area contributed by atoms with Crippen LogP contribution in [0.2, 0.25) is 0 Å². The highest BCUT2D eigenvalue weighted by atomic mass is 35.7. The van der Waals surface area contributed by atoms with Crippen molar-refractivity contribution in [2.24, 2.45) is 0 Å². The number of rotatable bonds is 5. The lowest BCUT2D eigenvalue weighted by atomic mass is 10.8. The summed E-state index contributed by atoms with van der Waals surface area (Å²) < 4.78 is 17.6.